The van der Waals surface area contributed by atoms with Gasteiger partial charge in [-0.3, -0.25) is 9.69 Å². The predicted octanol–water partition coefficient (Wildman–Crippen LogP) is 1.16. The summed E-state index contributed by atoms with van der Waals surface area (Å²) in [6.07, 6.45) is 0. The largest absolute Gasteiger partial charge is 0.482 e. The summed E-state index contributed by atoms with van der Waals surface area (Å²) in [5.74, 6) is 0.666. The van der Waals surface area contributed by atoms with Crippen molar-refractivity contribution in [1.82, 2.24) is 10.2 Å². The van der Waals surface area contributed by atoms with Gasteiger partial charge in [-0.25, -0.2) is 0 Å². The van der Waals surface area contributed by atoms with E-state index in [0.717, 1.165) is 37.6 Å². The van der Waals surface area contributed by atoms with Crippen LogP contribution in [0.2, 0.25) is 0 Å². The maximum absolute atomic E-state index is 11.4. The van der Waals surface area contributed by atoms with Crippen LogP contribution in [-0.2, 0) is 10.3 Å². The number of nitrogens with one attached hydrogen (secondary N) is 2. The van der Waals surface area contributed by atoms with Gasteiger partial charge in [-0.2, -0.15) is 0 Å². The van der Waals surface area contributed by atoms with Crippen molar-refractivity contribution in [3.8, 4) is 5.75 Å². The first-order valence-electron chi connectivity index (χ1n) is 7.10. The summed E-state index contributed by atoms with van der Waals surface area (Å²) in [6, 6.07) is 6.08. The number of hydrogen-bond acceptors (Lipinski definition) is 4. The third-order valence-electron chi connectivity index (χ3n) is 4.23. The standard InChI is InChI=1S/C15H21N3O2/c1-15(2,18-7-5-16-6-8-18)11-3-4-13-12(9-11)17-14(19)10-20-13/h3-4,9,16H,5-8,10H2,1-2H3,(H,17,19). The van der Waals surface area contributed by atoms with E-state index in [1.807, 2.05) is 12.1 Å². The minimum absolute atomic E-state index is 0.0562. The molecule has 1 amide bonds. The zero-order valence-electron chi connectivity index (χ0n) is 12.0. The van der Waals surface area contributed by atoms with Gasteiger partial charge in [0.05, 0.1) is 5.69 Å². The van der Waals surface area contributed by atoms with Crippen LogP contribution in [0.5, 0.6) is 5.75 Å². The molecule has 5 nitrogen and oxygen atoms in total. The third kappa shape index (κ3) is 2.39. The number of piperazine rings is 1. The molecular formula is C15H21N3O2. The van der Waals surface area contributed by atoms with Gasteiger partial charge in [-0.15, -0.1) is 0 Å². The zero-order chi connectivity index (χ0) is 14.2. The van der Waals surface area contributed by atoms with Gasteiger partial charge >= 0.3 is 0 Å². The Morgan fingerprint density at radius 1 is 1.25 bits per heavy atom. The van der Waals surface area contributed by atoms with Crippen LogP contribution in [0.3, 0.4) is 0 Å². The van der Waals surface area contributed by atoms with Gasteiger partial charge in [0, 0.05) is 31.7 Å². The Labute approximate surface area is 119 Å². The van der Waals surface area contributed by atoms with Gasteiger partial charge in [-0.05, 0) is 31.5 Å². The number of carbonyl (C=O) groups excluding carboxylic acids is 1. The lowest BCUT2D eigenvalue weighted by Gasteiger charge is -2.42. The van der Waals surface area contributed by atoms with E-state index in [0.29, 0.717) is 0 Å². The van der Waals surface area contributed by atoms with Crippen molar-refractivity contribution >= 4 is 11.6 Å². The molecule has 1 aromatic carbocycles. The molecule has 0 atom stereocenters. The molecule has 1 saturated heterocycles. The Hall–Kier alpha value is -1.59. The van der Waals surface area contributed by atoms with Crippen LogP contribution in [0.25, 0.3) is 0 Å². The molecule has 5 heteroatoms. The fraction of sp³-hybridized carbons (Fsp3) is 0.533. The van der Waals surface area contributed by atoms with Gasteiger partial charge in [-0.1, -0.05) is 6.07 Å². The normalized spacial score (nSPS) is 20.0. The molecule has 108 valence electrons. The summed E-state index contributed by atoms with van der Waals surface area (Å²) in [4.78, 5) is 13.9. The van der Waals surface area contributed by atoms with Crippen molar-refractivity contribution < 1.29 is 9.53 Å². The molecule has 0 unspecified atom stereocenters. The first-order chi connectivity index (χ1) is 9.57. The van der Waals surface area contributed by atoms with Crippen molar-refractivity contribution in [3.05, 3.63) is 23.8 Å². The van der Waals surface area contributed by atoms with Crippen LogP contribution in [-0.4, -0.2) is 43.6 Å². The molecule has 0 aliphatic carbocycles. The maximum atomic E-state index is 11.4. The molecular weight excluding hydrogens is 254 g/mol. The Morgan fingerprint density at radius 2 is 2.00 bits per heavy atom. The molecule has 2 heterocycles. The van der Waals surface area contributed by atoms with Crippen LogP contribution < -0.4 is 15.4 Å². The van der Waals surface area contributed by atoms with Crippen molar-refractivity contribution in [2.45, 2.75) is 19.4 Å². The van der Waals surface area contributed by atoms with Gasteiger partial charge in [0.25, 0.3) is 5.91 Å². The predicted molar refractivity (Wildman–Crippen MR) is 78.0 cm³/mol. The Kier molecular flexibility index (Phi) is 3.40. The van der Waals surface area contributed by atoms with Gasteiger partial charge in [0.15, 0.2) is 6.61 Å². The molecule has 0 radical (unpaired) electrons. The quantitative estimate of drug-likeness (QED) is 0.850. The van der Waals surface area contributed by atoms with E-state index in [4.69, 9.17) is 4.74 Å². The number of amides is 1. The van der Waals surface area contributed by atoms with Crippen molar-refractivity contribution in [2.24, 2.45) is 0 Å². The fourth-order valence-corrected chi connectivity index (χ4v) is 2.87. The van der Waals surface area contributed by atoms with E-state index < -0.39 is 0 Å². The van der Waals surface area contributed by atoms with Crippen LogP contribution in [0.15, 0.2) is 18.2 Å². The number of carbonyl (C=O) groups is 1. The minimum Gasteiger partial charge on any atom is -0.482 e. The van der Waals surface area contributed by atoms with Crippen molar-refractivity contribution in [3.63, 3.8) is 0 Å². The summed E-state index contributed by atoms with van der Waals surface area (Å²) in [7, 11) is 0. The lowest BCUT2D eigenvalue weighted by atomic mass is 9.91. The number of nitrogens with zero attached hydrogens (tertiary/aromatic N) is 1. The molecule has 0 spiro atoms. The summed E-state index contributed by atoms with van der Waals surface area (Å²) < 4.78 is 5.41. The minimum atomic E-state index is -0.0883. The SMILES string of the molecule is CC(C)(c1ccc2c(c1)NC(=O)CO2)N1CCNCC1. The highest BCUT2D eigenvalue weighted by atomic mass is 16.5. The molecule has 0 bridgehead atoms. The Bertz CT molecular complexity index is 522. The van der Waals surface area contributed by atoms with E-state index in [2.05, 4.69) is 35.4 Å². The molecule has 0 saturated carbocycles. The topological polar surface area (TPSA) is 53.6 Å². The van der Waals surface area contributed by atoms with Crippen LogP contribution in [0, 0.1) is 0 Å². The van der Waals surface area contributed by atoms with Gasteiger partial charge < -0.3 is 15.4 Å². The van der Waals surface area contributed by atoms with Crippen molar-refractivity contribution in [2.75, 3.05) is 38.1 Å². The van der Waals surface area contributed by atoms with E-state index >= 15 is 0 Å². The summed E-state index contributed by atoms with van der Waals surface area (Å²) in [5.41, 5.74) is 1.92. The number of ether oxygens (including phenoxy) is 1. The van der Waals surface area contributed by atoms with E-state index in [-0.39, 0.29) is 18.1 Å². The number of rotatable bonds is 2. The molecule has 2 aliphatic heterocycles. The molecule has 3 rings (SSSR count). The summed E-state index contributed by atoms with van der Waals surface area (Å²) in [6.45, 7) is 8.67. The lowest BCUT2D eigenvalue weighted by Crippen LogP contribution is -2.51. The van der Waals surface area contributed by atoms with Crippen LogP contribution in [0.1, 0.15) is 19.4 Å². The van der Waals surface area contributed by atoms with Gasteiger partial charge in [0.1, 0.15) is 5.75 Å². The number of fused-ring (bicyclic) bond motifs is 1. The molecule has 20 heavy (non-hydrogen) atoms. The lowest BCUT2D eigenvalue weighted by molar-refractivity contribution is -0.118. The Balaban J connectivity index is 1.89. The van der Waals surface area contributed by atoms with E-state index in [1.165, 1.54) is 5.56 Å². The molecule has 1 fully saturated rings. The second-order valence-electron chi connectivity index (χ2n) is 5.84. The van der Waals surface area contributed by atoms with Crippen LogP contribution in [0.4, 0.5) is 5.69 Å². The first-order valence-corrected chi connectivity index (χ1v) is 7.10. The number of anilines is 1. The highest BCUT2D eigenvalue weighted by Crippen LogP contribution is 2.35. The first kappa shape index (κ1) is 13.4. The fourth-order valence-electron chi connectivity index (χ4n) is 2.87. The average molecular weight is 275 g/mol. The van der Waals surface area contributed by atoms with Gasteiger partial charge in [0.2, 0.25) is 0 Å². The molecule has 1 aromatic rings. The van der Waals surface area contributed by atoms with E-state index in [1.54, 1.807) is 0 Å². The summed E-state index contributed by atoms with van der Waals surface area (Å²) in [5, 5.41) is 6.26. The highest BCUT2D eigenvalue weighted by Gasteiger charge is 2.30. The number of benzene rings is 1. The van der Waals surface area contributed by atoms with Crippen molar-refractivity contribution in [1.29, 1.82) is 0 Å². The second-order valence-corrected chi connectivity index (χ2v) is 5.84. The Morgan fingerprint density at radius 3 is 2.75 bits per heavy atom. The third-order valence-corrected chi connectivity index (χ3v) is 4.23. The summed E-state index contributed by atoms with van der Waals surface area (Å²) >= 11 is 0. The zero-order valence-corrected chi connectivity index (χ0v) is 12.0. The molecule has 2 N–H and O–H groups in total. The smallest absolute Gasteiger partial charge is 0.262 e. The average Bonchev–Trinajstić information content (AvgIpc) is 2.47. The molecule has 2 aliphatic rings. The molecule has 0 aromatic heterocycles. The maximum Gasteiger partial charge on any atom is 0.262 e. The second kappa shape index (κ2) is 5.07. The van der Waals surface area contributed by atoms with E-state index in [9.17, 15) is 4.79 Å². The number of hydrogen-bond donors (Lipinski definition) is 2. The van der Waals surface area contributed by atoms with Crippen LogP contribution >= 0.6 is 0 Å². The highest BCUT2D eigenvalue weighted by molar-refractivity contribution is 5.95. The monoisotopic (exact) mass is 275 g/mol.